The fourth-order valence-corrected chi connectivity index (χ4v) is 0.714. The number of hydrogen-bond donors (Lipinski definition) is 4. The van der Waals surface area contributed by atoms with Gasteiger partial charge >= 0.3 is 55.6 Å². The van der Waals surface area contributed by atoms with Crippen molar-refractivity contribution in [2.45, 2.75) is 18.4 Å². The van der Waals surface area contributed by atoms with Gasteiger partial charge in [-0.25, -0.2) is 4.79 Å². The van der Waals surface area contributed by atoms with Crippen LogP contribution < -0.4 is 0 Å². The maximum atomic E-state index is 10.3. The summed E-state index contributed by atoms with van der Waals surface area (Å²) in [4.78, 5) is 30.5. The maximum absolute atomic E-state index is 10.3. The quantitative estimate of drug-likeness (QED) is 0.400. The van der Waals surface area contributed by atoms with Gasteiger partial charge in [-0.05, 0) is 0 Å². The van der Waals surface area contributed by atoms with Crippen molar-refractivity contribution in [3.8, 4) is 0 Å². The summed E-state index contributed by atoms with van der Waals surface area (Å²) in [5.41, 5.74) is -2.74. The molecule has 0 bridgehead atoms. The van der Waals surface area contributed by atoms with Crippen LogP contribution in [0.25, 0.3) is 0 Å². The van der Waals surface area contributed by atoms with Crippen LogP contribution in [-0.4, -0.2) is 99.0 Å². The van der Waals surface area contributed by atoms with Crippen LogP contribution in [0, 0.1) is 0 Å². The van der Waals surface area contributed by atoms with E-state index in [1.165, 1.54) is 0 Å². The molecule has 16 heavy (non-hydrogen) atoms. The molecule has 0 heterocycles. The standard InChI is InChI=1S/C6H8O7.Al.Ca.ClH.5H/c7-3(8)1-6(13,5(11)12)2-4(9)10;;;;;;;;/h13H,1-2H2,(H,7,8)(H,9,10)(H,11,12);;;1H;;;;;. The first-order chi connectivity index (χ1) is 5.78. The zero-order valence-corrected chi connectivity index (χ0v) is 7.65. The molecule has 0 aromatic heterocycles. The van der Waals surface area contributed by atoms with Gasteiger partial charge in [-0.1, -0.05) is 0 Å². The molecule has 0 atom stereocenters. The Morgan fingerprint density at radius 2 is 1.19 bits per heavy atom. The van der Waals surface area contributed by atoms with Gasteiger partial charge in [0.2, 0.25) is 0 Å². The molecule has 0 saturated carbocycles. The van der Waals surface area contributed by atoms with Gasteiger partial charge in [-0.3, -0.25) is 9.59 Å². The molecule has 0 fully saturated rings. The van der Waals surface area contributed by atoms with Crippen molar-refractivity contribution in [2.24, 2.45) is 0 Å². The molecule has 0 unspecified atom stereocenters. The Morgan fingerprint density at radius 3 is 1.31 bits per heavy atom. The molecule has 0 rings (SSSR count). The van der Waals surface area contributed by atoms with E-state index < -0.39 is 36.4 Å². The van der Waals surface area contributed by atoms with Crippen LogP contribution in [0.15, 0.2) is 0 Å². The van der Waals surface area contributed by atoms with Crippen LogP contribution in [0.4, 0.5) is 0 Å². The number of aliphatic hydroxyl groups is 1. The molecule has 7 nitrogen and oxygen atoms in total. The molecule has 0 aliphatic carbocycles. The summed E-state index contributed by atoms with van der Waals surface area (Å²) in [6.07, 6.45) is -2.29. The van der Waals surface area contributed by atoms with Crippen molar-refractivity contribution in [3.63, 3.8) is 0 Å². The van der Waals surface area contributed by atoms with Gasteiger partial charge in [-0.2, -0.15) is 0 Å². The second-order valence-electron chi connectivity index (χ2n) is 2.48. The van der Waals surface area contributed by atoms with E-state index in [0.717, 1.165) is 0 Å². The number of carboxylic acid groups (broad SMARTS) is 3. The van der Waals surface area contributed by atoms with Crippen LogP contribution in [-0.2, 0) is 14.4 Å². The number of hydrogen-bond acceptors (Lipinski definition) is 4. The monoisotopic (exact) mass is 300 g/mol. The van der Waals surface area contributed by atoms with E-state index in [9.17, 15) is 14.4 Å². The summed E-state index contributed by atoms with van der Waals surface area (Å²) < 4.78 is 0. The Bertz CT molecular complexity index is 243. The Hall–Kier alpha value is 0.452. The van der Waals surface area contributed by atoms with Crippen molar-refractivity contribution < 1.29 is 34.8 Å². The van der Waals surface area contributed by atoms with Crippen molar-refractivity contribution in [2.75, 3.05) is 0 Å². The predicted octanol–water partition coefficient (Wildman–Crippen LogP) is -2.93. The van der Waals surface area contributed by atoms with Crippen molar-refractivity contribution >= 4 is 85.4 Å². The fourth-order valence-electron chi connectivity index (χ4n) is 0.714. The van der Waals surface area contributed by atoms with E-state index in [-0.39, 0.29) is 67.5 Å². The van der Waals surface area contributed by atoms with Crippen molar-refractivity contribution in [1.82, 2.24) is 0 Å². The first kappa shape index (κ1) is 25.3. The average molecular weight is 301 g/mol. The van der Waals surface area contributed by atoms with Gasteiger partial charge in [0, 0.05) is 0 Å². The van der Waals surface area contributed by atoms with Crippen LogP contribution in [0.3, 0.4) is 0 Å². The third-order valence-corrected chi connectivity index (χ3v) is 1.29. The van der Waals surface area contributed by atoms with Crippen LogP contribution in [0.2, 0.25) is 0 Å². The SMILES string of the molecule is Cl.O=C(O)CC(O)(CC(=O)O)C(=O)O.[AlH3].[CaH2]. The number of halogens is 1. The zero-order chi connectivity index (χ0) is 10.6. The zero-order valence-electron chi connectivity index (χ0n) is 6.84. The van der Waals surface area contributed by atoms with E-state index in [0.29, 0.717) is 0 Å². The van der Waals surface area contributed by atoms with Crippen LogP contribution in [0.1, 0.15) is 12.8 Å². The Morgan fingerprint density at radius 1 is 0.938 bits per heavy atom. The first-order valence-electron chi connectivity index (χ1n) is 3.17. The third-order valence-electron chi connectivity index (χ3n) is 1.29. The summed E-state index contributed by atoms with van der Waals surface area (Å²) in [7, 11) is 0. The van der Waals surface area contributed by atoms with Crippen LogP contribution >= 0.6 is 12.4 Å². The van der Waals surface area contributed by atoms with Gasteiger partial charge < -0.3 is 20.4 Å². The first-order valence-corrected chi connectivity index (χ1v) is 3.17. The Kier molecular flexibility index (Phi) is 16.8. The summed E-state index contributed by atoms with van der Waals surface area (Å²) >= 11 is 0. The minimum atomic E-state index is -2.74. The average Bonchev–Trinajstić information content (AvgIpc) is 1.82. The molecule has 0 radical (unpaired) electrons. The predicted molar refractivity (Wildman–Crippen MR) is 62.8 cm³/mol. The Labute approximate surface area is 137 Å². The topological polar surface area (TPSA) is 132 Å². The molecular formula is C6H14AlCaClO7. The molecule has 92 valence electrons. The van der Waals surface area contributed by atoms with E-state index in [1.807, 2.05) is 0 Å². The molecule has 0 amide bonds. The molecule has 10 heteroatoms. The van der Waals surface area contributed by atoms with Gasteiger partial charge in [-0.15, -0.1) is 12.4 Å². The van der Waals surface area contributed by atoms with E-state index in [2.05, 4.69) is 0 Å². The summed E-state index contributed by atoms with van der Waals surface area (Å²) in [5.74, 6) is -5.02. The molecular weight excluding hydrogens is 287 g/mol. The molecule has 0 spiro atoms. The molecule has 0 aliphatic rings. The van der Waals surface area contributed by atoms with E-state index >= 15 is 0 Å². The van der Waals surface area contributed by atoms with Gasteiger partial charge in [0.25, 0.3) is 0 Å². The number of carbonyl (C=O) groups is 3. The van der Waals surface area contributed by atoms with E-state index in [1.54, 1.807) is 0 Å². The third kappa shape index (κ3) is 9.66. The van der Waals surface area contributed by atoms with Crippen molar-refractivity contribution in [1.29, 1.82) is 0 Å². The van der Waals surface area contributed by atoms with Crippen molar-refractivity contribution in [3.05, 3.63) is 0 Å². The molecule has 4 N–H and O–H groups in total. The van der Waals surface area contributed by atoms with Crippen LogP contribution in [0.5, 0.6) is 0 Å². The molecule has 0 aromatic rings. The number of aliphatic carboxylic acids is 3. The Balaban J connectivity index is -0.000000240. The second kappa shape index (κ2) is 10.6. The van der Waals surface area contributed by atoms with Gasteiger partial charge in [0.05, 0.1) is 12.8 Å². The summed E-state index contributed by atoms with van der Waals surface area (Å²) in [6.45, 7) is 0. The molecule has 0 aromatic carbocycles. The van der Waals surface area contributed by atoms with E-state index in [4.69, 9.17) is 20.4 Å². The summed E-state index contributed by atoms with van der Waals surface area (Å²) in [6, 6.07) is 0. The fraction of sp³-hybridized carbons (Fsp3) is 0.500. The molecule has 0 saturated heterocycles. The van der Waals surface area contributed by atoms with Gasteiger partial charge in [0.1, 0.15) is 0 Å². The number of rotatable bonds is 5. The molecule has 0 aliphatic heterocycles. The second-order valence-corrected chi connectivity index (χ2v) is 2.48. The normalized spacial score (nSPS) is 8.81. The minimum absolute atomic E-state index is 0. The van der Waals surface area contributed by atoms with Gasteiger partial charge in [0.15, 0.2) is 23.0 Å². The number of carboxylic acids is 3. The summed E-state index contributed by atoms with van der Waals surface area (Å²) in [5, 5.41) is 33.8.